The summed E-state index contributed by atoms with van der Waals surface area (Å²) in [6.45, 7) is 4.10. The highest BCUT2D eigenvalue weighted by molar-refractivity contribution is 7.15. The van der Waals surface area contributed by atoms with Gasteiger partial charge in [-0.15, -0.1) is 11.3 Å². The SMILES string of the molecule is Cc1csc2nc(-c3ccc(F)cc3)c(C)n12. The molecule has 3 aromatic rings. The molecule has 2 heterocycles. The summed E-state index contributed by atoms with van der Waals surface area (Å²) < 4.78 is 15.0. The largest absolute Gasteiger partial charge is 0.292 e. The second-order valence-corrected chi connectivity index (χ2v) is 4.88. The van der Waals surface area contributed by atoms with E-state index in [1.54, 1.807) is 23.5 Å². The summed E-state index contributed by atoms with van der Waals surface area (Å²) in [5.41, 5.74) is 4.17. The zero-order valence-electron chi connectivity index (χ0n) is 9.57. The average Bonchev–Trinajstić information content (AvgIpc) is 2.83. The Morgan fingerprint density at radius 1 is 1.18 bits per heavy atom. The zero-order chi connectivity index (χ0) is 12.0. The minimum atomic E-state index is -0.219. The van der Waals surface area contributed by atoms with Crippen LogP contribution in [0.5, 0.6) is 0 Å². The number of imidazole rings is 1. The van der Waals surface area contributed by atoms with E-state index >= 15 is 0 Å². The van der Waals surface area contributed by atoms with Crippen molar-refractivity contribution in [2.75, 3.05) is 0 Å². The van der Waals surface area contributed by atoms with E-state index in [2.05, 4.69) is 21.7 Å². The van der Waals surface area contributed by atoms with Crippen molar-refractivity contribution in [1.29, 1.82) is 0 Å². The number of thiazole rings is 1. The summed E-state index contributed by atoms with van der Waals surface area (Å²) >= 11 is 1.62. The van der Waals surface area contributed by atoms with Crippen LogP contribution in [0.4, 0.5) is 4.39 Å². The molecule has 0 saturated heterocycles. The Balaban J connectivity index is 2.23. The third-order valence-corrected chi connectivity index (χ3v) is 3.83. The fourth-order valence-corrected chi connectivity index (χ4v) is 2.95. The van der Waals surface area contributed by atoms with Crippen molar-refractivity contribution in [2.45, 2.75) is 13.8 Å². The van der Waals surface area contributed by atoms with E-state index in [1.165, 1.54) is 17.8 Å². The van der Waals surface area contributed by atoms with Crippen molar-refractivity contribution in [2.24, 2.45) is 0 Å². The average molecular weight is 246 g/mol. The van der Waals surface area contributed by atoms with Crippen molar-refractivity contribution in [3.8, 4) is 11.3 Å². The van der Waals surface area contributed by atoms with Gasteiger partial charge in [0.25, 0.3) is 0 Å². The first-order valence-electron chi connectivity index (χ1n) is 5.36. The van der Waals surface area contributed by atoms with Crippen molar-refractivity contribution >= 4 is 16.3 Å². The Labute approximate surface area is 102 Å². The quantitative estimate of drug-likeness (QED) is 0.638. The third kappa shape index (κ3) is 1.56. The van der Waals surface area contributed by atoms with Gasteiger partial charge in [-0.1, -0.05) is 0 Å². The van der Waals surface area contributed by atoms with E-state index in [1.807, 2.05) is 6.92 Å². The van der Waals surface area contributed by atoms with E-state index in [9.17, 15) is 4.39 Å². The summed E-state index contributed by atoms with van der Waals surface area (Å²) in [5, 5.41) is 2.09. The molecule has 17 heavy (non-hydrogen) atoms. The molecule has 0 fully saturated rings. The van der Waals surface area contributed by atoms with Crippen molar-refractivity contribution < 1.29 is 4.39 Å². The standard InChI is InChI=1S/C13H11FN2S/c1-8-7-17-13-15-12(9(2)16(8)13)10-3-5-11(14)6-4-10/h3-7H,1-2H3. The molecule has 2 aromatic heterocycles. The molecule has 0 unspecified atom stereocenters. The molecule has 0 amide bonds. The van der Waals surface area contributed by atoms with Crippen molar-refractivity contribution in [3.05, 3.63) is 46.9 Å². The molecule has 0 saturated carbocycles. The Kier molecular flexibility index (Phi) is 2.26. The highest BCUT2D eigenvalue weighted by Gasteiger charge is 2.12. The van der Waals surface area contributed by atoms with Gasteiger partial charge in [-0.05, 0) is 38.1 Å². The van der Waals surface area contributed by atoms with Gasteiger partial charge in [-0.2, -0.15) is 0 Å². The number of aromatic nitrogens is 2. The molecular weight excluding hydrogens is 235 g/mol. The van der Waals surface area contributed by atoms with E-state index in [-0.39, 0.29) is 5.82 Å². The molecular formula is C13H11FN2S. The molecule has 0 spiro atoms. The minimum Gasteiger partial charge on any atom is -0.292 e. The molecule has 0 N–H and O–H groups in total. The van der Waals surface area contributed by atoms with E-state index < -0.39 is 0 Å². The normalized spacial score (nSPS) is 11.2. The highest BCUT2D eigenvalue weighted by atomic mass is 32.1. The molecule has 86 valence electrons. The fraction of sp³-hybridized carbons (Fsp3) is 0.154. The minimum absolute atomic E-state index is 0.219. The van der Waals surface area contributed by atoms with Gasteiger partial charge in [0, 0.05) is 22.3 Å². The second-order valence-electron chi connectivity index (χ2n) is 4.05. The summed E-state index contributed by atoms with van der Waals surface area (Å²) in [5.74, 6) is -0.219. The van der Waals surface area contributed by atoms with Gasteiger partial charge >= 0.3 is 0 Å². The van der Waals surface area contributed by atoms with Crippen LogP contribution in [0.15, 0.2) is 29.6 Å². The molecule has 0 radical (unpaired) electrons. The monoisotopic (exact) mass is 246 g/mol. The fourth-order valence-electron chi connectivity index (χ4n) is 2.04. The van der Waals surface area contributed by atoms with Crippen LogP contribution in [0.1, 0.15) is 11.4 Å². The van der Waals surface area contributed by atoms with Crippen LogP contribution in [-0.2, 0) is 0 Å². The first-order chi connectivity index (χ1) is 8.16. The van der Waals surface area contributed by atoms with Crippen LogP contribution in [0.25, 0.3) is 16.2 Å². The molecule has 0 aliphatic carbocycles. The number of hydrogen-bond donors (Lipinski definition) is 0. The van der Waals surface area contributed by atoms with Gasteiger partial charge < -0.3 is 0 Å². The second kappa shape index (κ2) is 3.67. The summed E-state index contributed by atoms with van der Waals surface area (Å²) in [6, 6.07) is 6.47. The summed E-state index contributed by atoms with van der Waals surface area (Å²) in [6.07, 6.45) is 0. The zero-order valence-corrected chi connectivity index (χ0v) is 10.4. The number of halogens is 1. The summed E-state index contributed by atoms with van der Waals surface area (Å²) in [4.78, 5) is 5.58. The van der Waals surface area contributed by atoms with Crippen LogP contribution < -0.4 is 0 Å². The maximum atomic E-state index is 12.9. The first-order valence-corrected chi connectivity index (χ1v) is 6.24. The lowest BCUT2D eigenvalue weighted by atomic mass is 10.1. The molecule has 4 heteroatoms. The smallest absolute Gasteiger partial charge is 0.194 e. The van der Waals surface area contributed by atoms with Gasteiger partial charge in [-0.25, -0.2) is 9.37 Å². The Hall–Kier alpha value is -1.68. The van der Waals surface area contributed by atoms with Crippen LogP contribution >= 0.6 is 11.3 Å². The van der Waals surface area contributed by atoms with Gasteiger partial charge in [0.05, 0.1) is 5.69 Å². The Morgan fingerprint density at radius 3 is 2.53 bits per heavy atom. The molecule has 0 bridgehead atoms. The van der Waals surface area contributed by atoms with E-state index in [0.717, 1.165) is 21.9 Å². The van der Waals surface area contributed by atoms with Gasteiger partial charge in [0.15, 0.2) is 4.96 Å². The third-order valence-electron chi connectivity index (χ3n) is 2.88. The number of hydrogen-bond acceptors (Lipinski definition) is 2. The predicted octanol–water partition coefficient (Wildman–Crippen LogP) is 3.82. The number of aryl methyl sites for hydroxylation is 2. The lowest BCUT2D eigenvalue weighted by Crippen LogP contribution is -1.88. The number of nitrogens with zero attached hydrogens (tertiary/aromatic N) is 2. The maximum absolute atomic E-state index is 12.9. The van der Waals surface area contributed by atoms with Crippen LogP contribution in [0, 0.1) is 19.7 Å². The van der Waals surface area contributed by atoms with Gasteiger partial charge in [-0.3, -0.25) is 4.40 Å². The Bertz CT molecular complexity index is 679. The Morgan fingerprint density at radius 2 is 1.88 bits per heavy atom. The van der Waals surface area contributed by atoms with E-state index in [0.29, 0.717) is 0 Å². The van der Waals surface area contributed by atoms with Gasteiger partial charge in [0.2, 0.25) is 0 Å². The molecule has 2 nitrogen and oxygen atoms in total. The molecule has 0 aliphatic rings. The molecule has 3 rings (SSSR count). The van der Waals surface area contributed by atoms with Gasteiger partial charge in [0.1, 0.15) is 5.82 Å². The summed E-state index contributed by atoms with van der Waals surface area (Å²) in [7, 11) is 0. The molecule has 0 aliphatic heterocycles. The van der Waals surface area contributed by atoms with Crippen LogP contribution in [-0.4, -0.2) is 9.38 Å². The predicted molar refractivity (Wildman–Crippen MR) is 67.9 cm³/mol. The van der Waals surface area contributed by atoms with Crippen LogP contribution in [0.2, 0.25) is 0 Å². The first kappa shape index (κ1) is 10.5. The molecule has 0 atom stereocenters. The number of rotatable bonds is 1. The lowest BCUT2D eigenvalue weighted by Gasteiger charge is -1.99. The topological polar surface area (TPSA) is 17.3 Å². The van der Waals surface area contributed by atoms with Crippen molar-refractivity contribution in [1.82, 2.24) is 9.38 Å². The molecule has 1 aromatic carbocycles. The van der Waals surface area contributed by atoms with E-state index in [4.69, 9.17) is 0 Å². The number of benzene rings is 1. The van der Waals surface area contributed by atoms with Crippen LogP contribution in [0.3, 0.4) is 0 Å². The van der Waals surface area contributed by atoms with Crippen molar-refractivity contribution in [3.63, 3.8) is 0 Å². The maximum Gasteiger partial charge on any atom is 0.194 e. The lowest BCUT2D eigenvalue weighted by molar-refractivity contribution is 0.628. The number of fused-ring (bicyclic) bond motifs is 1. The highest BCUT2D eigenvalue weighted by Crippen LogP contribution is 2.27.